The highest BCUT2D eigenvalue weighted by Crippen LogP contribution is 2.08. The van der Waals surface area contributed by atoms with E-state index in [-0.39, 0.29) is 31.0 Å². The Morgan fingerprint density at radius 1 is 1.53 bits per heavy atom. The van der Waals surface area contributed by atoms with Crippen molar-refractivity contribution < 1.29 is 19.5 Å². The Hall–Kier alpha value is -1.92. The highest BCUT2D eigenvalue weighted by molar-refractivity contribution is 6.36. The summed E-state index contributed by atoms with van der Waals surface area (Å²) in [6.07, 6.45) is 0.181. The van der Waals surface area contributed by atoms with Crippen molar-refractivity contribution in [3.05, 3.63) is 0 Å². The third kappa shape index (κ3) is 2.76. The lowest BCUT2D eigenvalue weighted by Gasteiger charge is -2.20. The summed E-state index contributed by atoms with van der Waals surface area (Å²) in [5.41, 5.74) is -0.0986. The molecule has 1 aliphatic heterocycles. The first-order chi connectivity index (χ1) is 7.04. The van der Waals surface area contributed by atoms with E-state index in [4.69, 9.17) is 5.11 Å². The number of carboxylic acids is 1. The first kappa shape index (κ1) is 11.2. The number of carbonyl (C=O) groups is 3. The Bertz CT molecular complexity index is 337. The van der Waals surface area contributed by atoms with Crippen molar-refractivity contribution in [2.75, 3.05) is 13.6 Å². The van der Waals surface area contributed by atoms with Gasteiger partial charge in [0.25, 0.3) is 0 Å². The van der Waals surface area contributed by atoms with Crippen LogP contribution in [0.3, 0.4) is 0 Å². The summed E-state index contributed by atoms with van der Waals surface area (Å²) in [7, 11) is 1.43. The predicted molar refractivity (Wildman–Crippen MR) is 50.1 cm³/mol. The van der Waals surface area contributed by atoms with E-state index in [1.54, 1.807) is 0 Å². The maximum Gasteiger partial charge on any atom is 0.352 e. The number of hydrogen-bond acceptors (Lipinski definition) is 4. The number of hydrazone groups is 1. The van der Waals surface area contributed by atoms with Gasteiger partial charge < -0.3 is 10.4 Å². The van der Waals surface area contributed by atoms with Gasteiger partial charge in [-0.2, -0.15) is 5.10 Å². The van der Waals surface area contributed by atoms with Crippen LogP contribution in [0.25, 0.3) is 0 Å². The summed E-state index contributed by atoms with van der Waals surface area (Å²) < 4.78 is 0. The van der Waals surface area contributed by atoms with Crippen molar-refractivity contribution in [3.63, 3.8) is 0 Å². The van der Waals surface area contributed by atoms with Crippen LogP contribution in [0.5, 0.6) is 0 Å². The number of aliphatic carboxylic acids is 1. The van der Waals surface area contributed by atoms with Crippen molar-refractivity contribution in [1.82, 2.24) is 10.3 Å². The molecule has 7 nitrogen and oxygen atoms in total. The molecule has 0 aliphatic carbocycles. The van der Waals surface area contributed by atoms with Crippen LogP contribution in [0.1, 0.15) is 12.8 Å². The van der Waals surface area contributed by atoms with Crippen LogP contribution >= 0.6 is 0 Å². The largest absolute Gasteiger partial charge is 0.477 e. The molecule has 1 aliphatic rings. The second-order valence-corrected chi connectivity index (χ2v) is 2.98. The molecule has 0 radical (unpaired) electrons. The molecule has 15 heavy (non-hydrogen) atoms. The average Bonchev–Trinajstić information content (AvgIpc) is 2.20. The van der Waals surface area contributed by atoms with E-state index >= 15 is 0 Å². The number of hydrogen-bond donors (Lipinski definition) is 2. The number of likely N-dealkylation sites (N-methyl/N-ethyl adjacent to an activating group) is 1. The lowest BCUT2D eigenvalue weighted by molar-refractivity contribution is -0.137. The van der Waals surface area contributed by atoms with E-state index in [1.165, 1.54) is 7.05 Å². The summed E-state index contributed by atoms with van der Waals surface area (Å²) in [5, 5.41) is 15.5. The van der Waals surface area contributed by atoms with Crippen LogP contribution in [-0.4, -0.2) is 47.2 Å². The highest BCUT2D eigenvalue weighted by atomic mass is 16.4. The van der Waals surface area contributed by atoms with Gasteiger partial charge in [-0.25, -0.2) is 9.80 Å². The van der Waals surface area contributed by atoms with Gasteiger partial charge in [0.2, 0.25) is 11.8 Å². The summed E-state index contributed by atoms with van der Waals surface area (Å²) >= 11 is 0. The number of rotatable bonds is 3. The van der Waals surface area contributed by atoms with Gasteiger partial charge >= 0.3 is 5.97 Å². The van der Waals surface area contributed by atoms with E-state index in [9.17, 15) is 14.4 Å². The minimum absolute atomic E-state index is 0.0716. The van der Waals surface area contributed by atoms with Crippen molar-refractivity contribution in [1.29, 1.82) is 0 Å². The van der Waals surface area contributed by atoms with Gasteiger partial charge in [-0.1, -0.05) is 0 Å². The van der Waals surface area contributed by atoms with Crippen LogP contribution in [0.15, 0.2) is 5.10 Å². The van der Waals surface area contributed by atoms with E-state index in [2.05, 4.69) is 10.4 Å². The van der Waals surface area contributed by atoms with E-state index < -0.39 is 11.9 Å². The molecule has 0 aromatic heterocycles. The first-order valence-corrected chi connectivity index (χ1v) is 4.36. The Labute approximate surface area is 85.7 Å². The molecule has 0 fully saturated rings. The Morgan fingerprint density at radius 2 is 2.20 bits per heavy atom. The molecule has 0 spiro atoms. The second-order valence-electron chi connectivity index (χ2n) is 2.98. The fraction of sp³-hybridized carbons (Fsp3) is 0.500. The zero-order valence-corrected chi connectivity index (χ0v) is 8.19. The van der Waals surface area contributed by atoms with Gasteiger partial charge in [-0.15, -0.1) is 0 Å². The lowest BCUT2D eigenvalue weighted by Crippen LogP contribution is -2.40. The Balaban J connectivity index is 2.76. The fourth-order valence-electron chi connectivity index (χ4n) is 1.09. The van der Waals surface area contributed by atoms with Crippen LogP contribution < -0.4 is 5.32 Å². The van der Waals surface area contributed by atoms with Crippen molar-refractivity contribution in [2.45, 2.75) is 12.8 Å². The molecule has 0 bridgehead atoms. The molecule has 0 atom stereocenters. The van der Waals surface area contributed by atoms with Crippen molar-refractivity contribution in [3.8, 4) is 0 Å². The van der Waals surface area contributed by atoms with Gasteiger partial charge in [-0.05, 0) is 0 Å². The molecule has 0 saturated heterocycles. The maximum atomic E-state index is 11.3. The van der Waals surface area contributed by atoms with Gasteiger partial charge in [0.1, 0.15) is 12.3 Å². The molecule has 1 rings (SSSR count). The number of carboxylic acid groups (broad SMARTS) is 1. The number of nitrogens with zero attached hydrogens (tertiary/aromatic N) is 2. The monoisotopic (exact) mass is 213 g/mol. The summed E-state index contributed by atoms with van der Waals surface area (Å²) in [6.45, 7) is -0.244. The van der Waals surface area contributed by atoms with Crippen LogP contribution in [0.2, 0.25) is 0 Å². The highest BCUT2D eigenvalue weighted by Gasteiger charge is 2.25. The molecule has 2 amide bonds. The SMILES string of the molecule is CNC(=O)CN1N=C(C(=O)O)CCC1=O. The summed E-state index contributed by atoms with van der Waals surface area (Å²) in [6, 6.07) is 0. The Kier molecular flexibility index (Phi) is 3.37. The normalized spacial score (nSPS) is 15.9. The molecule has 0 aromatic rings. The zero-order valence-electron chi connectivity index (χ0n) is 8.19. The first-order valence-electron chi connectivity index (χ1n) is 4.36. The van der Waals surface area contributed by atoms with Crippen LogP contribution in [-0.2, 0) is 14.4 Å². The standard InChI is InChI=1S/C8H11N3O4/c1-9-6(12)4-11-7(13)3-2-5(10-11)8(14)15/h2-4H2,1H3,(H,9,12)(H,14,15). The third-order valence-electron chi connectivity index (χ3n) is 1.92. The third-order valence-corrected chi connectivity index (χ3v) is 1.92. The topological polar surface area (TPSA) is 99.1 Å². The minimum Gasteiger partial charge on any atom is -0.477 e. The van der Waals surface area contributed by atoms with Gasteiger partial charge in [0.15, 0.2) is 0 Å². The molecular weight excluding hydrogens is 202 g/mol. The average molecular weight is 213 g/mol. The Morgan fingerprint density at radius 3 is 2.73 bits per heavy atom. The van der Waals surface area contributed by atoms with Crippen LogP contribution in [0.4, 0.5) is 0 Å². The van der Waals surface area contributed by atoms with E-state index in [0.717, 1.165) is 5.01 Å². The minimum atomic E-state index is -1.16. The molecule has 0 aromatic carbocycles. The molecular formula is C8H11N3O4. The second kappa shape index (κ2) is 4.54. The molecule has 82 valence electrons. The predicted octanol–water partition coefficient (Wildman–Crippen LogP) is -1.20. The fourth-order valence-corrected chi connectivity index (χ4v) is 1.09. The van der Waals surface area contributed by atoms with E-state index in [1.807, 2.05) is 0 Å². The molecule has 0 saturated carbocycles. The summed E-state index contributed by atoms with van der Waals surface area (Å²) in [5.74, 6) is -1.90. The number of nitrogens with one attached hydrogen (secondary N) is 1. The van der Waals surface area contributed by atoms with Gasteiger partial charge in [0, 0.05) is 19.9 Å². The summed E-state index contributed by atoms with van der Waals surface area (Å²) in [4.78, 5) is 32.8. The molecule has 0 unspecified atom stereocenters. The van der Waals surface area contributed by atoms with Crippen molar-refractivity contribution in [2.24, 2.45) is 5.10 Å². The quantitative estimate of drug-likeness (QED) is 0.614. The smallest absolute Gasteiger partial charge is 0.352 e. The van der Waals surface area contributed by atoms with Crippen LogP contribution in [0, 0.1) is 0 Å². The number of amides is 2. The maximum absolute atomic E-state index is 11.3. The zero-order chi connectivity index (χ0) is 11.4. The van der Waals surface area contributed by atoms with E-state index in [0.29, 0.717) is 0 Å². The van der Waals surface area contributed by atoms with Gasteiger partial charge in [-0.3, -0.25) is 9.59 Å². The van der Waals surface area contributed by atoms with Gasteiger partial charge in [0.05, 0.1) is 0 Å². The molecule has 1 heterocycles. The number of carbonyl (C=O) groups excluding carboxylic acids is 2. The molecule has 2 N–H and O–H groups in total. The lowest BCUT2D eigenvalue weighted by atomic mass is 10.2. The molecule has 7 heteroatoms. The van der Waals surface area contributed by atoms with Crippen molar-refractivity contribution >= 4 is 23.5 Å².